The first kappa shape index (κ1) is 27.9. The Hall–Kier alpha value is -4.11. The molecular formula is C22H15Cl2F5N8O2. The molecule has 2 aromatic heterocycles. The number of tetrazole rings is 1. The van der Waals surface area contributed by atoms with Crippen LogP contribution in [0.25, 0.3) is 11.4 Å². The van der Waals surface area contributed by atoms with Gasteiger partial charge in [-0.15, -0.1) is 10.2 Å². The minimum atomic E-state index is -4.51. The number of hydrogen-bond acceptors (Lipinski definition) is 6. The molecule has 0 radical (unpaired) electrons. The van der Waals surface area contributed by atoms with E-state index in [1.165, 1.54) is 30.3 Å². The van der Waals surface area contributed by atoms with Gasteiger partial charge in [-0.3, -0.25) is 14.3 Å². The van der Waals surface area contributed by atoms with Crippen molar-refractivity contribution < 1.29 is 31.5 Å². The number of primary amides is 1. The lowest BCUT2D eigenvalue weighted by Gasteiger charge is -2.12. The summed E-state index contributed by atoms with van der Waals surface area (Å²) in [4.78, 5) is 25.8. The lowest BCUT2D eigenvalue weighted by molar-refractivity contribution is -0.137. The van der Waals surface area contributed by atoms with Crippen molar-refractivity contribution >= 4 is 40.7 Å². The van der Waals surface area contributed by atoms with E-state index >= 15 is 0 Å². The minimum Gasteiger partial charge on any atom is -0.366 e. The van der Waals surface area contributed by atoms with E-state index in [1.807, 2.05) is 0 Å². The first-order valence-electron chi connectivity index (χ1n) is 10.7. The molecule has 0 saturated heterocycles. The number of nitrogens with zero attached hydrogens (tertiary/aromatic N) is 6. The van der Waals surface area contributed by atoms with Crippen LogP contribution < -0.4 is 11.1 Å². The molecule has 0 unspecified atom stereocenters. The quantitative estimate of drug-likeness (QED) is 0.290. The summed E-state index contributed by atoms with van der Waals surface area (Å²) in [6, 6.07) is 7.69. The summed E-state index contributed by atoms with van der Waals surface area (Å²) in [5, 5.41) is 18.0. The number of aromatic nitrogens is 6. The van der Waals surface area contributed by atoms with Crippen LogP contribution in [-0.4, -0.2) is 48.2 Å². The normalized spacial score (nSPS) is 11.7. The maximum absolute atomic E-state index is 13.2. The van der Waals surface area contributed by atoms with Crippen molar-refractivity contribution in [2.75, 3.05) is 5.32 Å². The fourth-order valence-electron chi connectivity index (χ4n) is 3.45. The lowest BCUT2D eigenvalue weighted by Crippen LogP contribution is -2.22. The minimum absolute atomic E-state index is 0.00469. The molecule has 0 aliphatic carbocycles. The molecule has 39 heavy (non-hydrogen) atoms. The molecule has 0 fully saturated rings. The standard InChI is InChI=1S/C22H15Cl2F5N8O2/c23-12-5-14(19(30)38)18(15(24)6-12)31-21(39)16-7-13(33-36(16)9-17(25)26)8-37-34-20(32-35-37)10-1-3-11(4-2-10)22(27,28)29/h1-7,17H,8-9H2,(H2,30,38)(H,31,39). The van der Waals surface area contributed by atoms with E-state index in [0.717, 1.165) is 21.6 Å². The van der Waals surface area contributed by atoms with Gasteiger partial charge in [0.05, 0.1) is 27.5 Å². The first-order valence-corrected chi connectivity index (χ1v) is 11.5. The van der Waals surface area contributed by atoms with Gasteiger partial charge in [-0.05, 0) is 35.5 Å². The van der Waals surface area contributed by atoms with Gasteiger partial charge in [0.25, 0.3) is 18.2 Å². The number of hydrogen-bond donors (Lipinski definition) is 2. The third-order valence-electron chi connectivity index (χ3n) is 5.16. The zero-order valence-corrected chi connectivity index (χ0v) is 20.8. The number of benzene rings is 2. The van der Waals surface area contributed by atoms with Crippen LogP contribution in [0.1, 0.15) is 32.1 Å². The number of rotatable bonds is 8. The maximum Gasteiger partial charge on any atom is 0.416 e. The van der Waals surface area contributed by atoms with Gasteiger partial charge >= 0.3 is 6.18 Å². The summed E-state index contributed by atoms with van der Waals surface area (Å²) in [5.41, 5.74) is 4.11. The van der Waals surface area contributed by atoms with Crippen LogP contribution >= 0.6 is 23.2 Å². The van der Waals surface area contributed by atoms with Crippen molar-refractivity contribution in [3.63, 3.8) is 0 Å². The van der Waals surface area contributed by atoms with Crippen molar-refractivity contribution in [3.8, 4) is 11.4 Å². The monoisotopic (exact) mass is 588 g/mol. The zero-order valence-electron chi connectivity index (χ0n) is 19.3. The smallest absolute Gasteiger partial charge is 0.366 e. The van der Waals surface area contributed by atoms with E-state index in [4.69, 9.17) is 28.9 Å². The van der Waals surface area contributed by atoms with Gasteiger partial charge in [0.2, 0.25) is 5.82 Å². The summed E-state index contributed by atoms with van der Waals surface area (Å²) in [6.07, 6.45) is -7.38. The second-order valence-electron chi connectivity index (χ2n) is 7.94. The molecule has 0 atom stereocenters. The average molecular weight is 589 g/mol. The maximum atomic E-state index is 13.2. The molecule has 10 nitrogen and oxygen atoms in total. The molecule has 204 valence electrons. The van der Waals surface area contributed by atoms with Crippen molar-refractivity contribution in [3.05, 3.63) is 75.0 Å². The average Bonchev–Trinajstić information content (AvgIpc) is 3.46. The fraction of sp³-hybridized carbons (Fsp3) is 0.182. The number of amides is 2. The van der Waals surface area contributed by atoms with Crippen molar-refractivity contribution in [1.82, 2.24) is 30.0 Å². The van der Waals surface area contributed by atoms with E-state index in [-0.39, 0.29) is 50.6 Å². The number of alkyl halides is 5. The number of anilines is 1. The summed E-state index contributed by atoms with van der Waals surface area (Å²) in [7, 11) is 0. The van der Waals surface area contributed by atoms with E-state index in [9.17, 15) is 31.5 Å². The topological polar surface area (TPSA) is 134 Å². The summed E-state index contributed by atoms with van der Waals surface area (Å²) in [6.45, 7) is -1.17. The van der Waals surface area contributed by atoms with E-state index in [1.54, 1.807) is 0 Å². The molecule has 0 spiro atoms. The molecule has 0 saturated carbocycles. The van der Waals surface area contributed by atoms with Crippen LogP contribution in [0.4, 0.5) is 27.6 Å². The van der Waals surface area contributed by atoms with Gasteiger partial charge in [-0.1, -0.05) is 35.3 Å². The molecular weight excluding hydrogens is 574 g/mol. The highest BCUT2D eigenvalue weighted by atomic mass is 35.5. The molecule has 2 heterocycles. The number of nitrogens with one attached hydrogen (secondary N) is 1. The summed E-state index contributed by atoms with van der Waals surface area (Å²) < 4.78 is 65.5. The largest absolute Gasteiger partial charge is 0.416 e. The SMILES string of the molecule is NC(=O)c1cc(Cl)cc(Cl)c1NC(=O)c1cc(Cn2nnc(-c3ccc(C(F)(F)F)cc3)n2)nn1CC(F)F. The Kier molecular flexibility index (Phi) is 7.83. The molecule has 0 aliphatic rings. The Morgan fingerprint density at radius 2 is 1.74 bits per heavy atom. The van der Waals surface area contributed by atoms with Crippen LogP contribution in [0.15, 0.2) is 42.5 Å². The predicted octanol–water partition coefficient (Wildman–Crippen LogP) is 4.53. The van der Waals surface area contributed by atoms with Gasteiger partial charge in [-0.25, -0.2) is 8.78 Å². The Bertz CT molecular complexity index is 1540. The van der Waals surface area contributed by atoms with Crippen molar-refractivity contribution in [2.24, 2.45) is 5.73 Å². The molecule has 0 bridgehead atoms. The van der Waals surface area contributed by atoms with E-state index < -0.39 is 36.5 Å². The zero-order chi connectivity index (χ0) is 28.5. The molecule has 2 amide bonds. The van der Waals surface area contributed by atoms with Gasteiger partial charge in [0.1, 0.15) is 18.8 Å². The fourth-order valence-corrected chi connectivity index (χ4v) is 3.99. The number of halogens is 7. The second kappa shape index (κ2) is 10.9. The Labute approximate surface area is 225 Å². The van der Waals surface area contributed by atoms with Crippen LogP contribution in [0, 0.1) is 0 Å². The second-order valence-corrected chi connectivity index (χ2v) is 8.78. The van der Waals surface area contributed by atoms with Gasteiger partial charge in [0.15, 0.2) is 0 Å². The Morgan fingerprint density at radius 1 is 1.05 bits per heavy atom. The predicted molar refractivity (Wildman–Crippen MR) is 129 cm³/mol. The number of carbonyl (C=O) groups is 2. The molecule has 0 aliphatic heterocycles. The first-order chi connectivity index (χ1) is 18.3. The molecule has 3 N–H and O–H groups in total. The van der Waals surface area contributed by atoms with E-state index in [2.05, 4.69) is 25.8 Å². The van der Waals surface area contributed by atoms with Crippen molar-refractivity contribution in [2.45, 2.75) is 25.7 Å². The highest BCUT2D eigenvalue weighted by Gasteiger charge is 2.30. The number of carbonyl (C=O) groups excluding carboxylic acids is 2. The molecule has 2 aromatic carbocycles. The molecule has 17 heteroatoms. The van der Waals surface area contributed by atoms with Crippen molar-refractivity contribution in [1.29, 1.82) is 0 Å². The highest BCUT2D eigenvalue weighted by Crippen LogP contribution is 2.31. The summed E-state index contributed by atoms with van der Waals surface area (Å²) in [5.74, 6) is -1.87. The highest BCUT2D eigenvalue weighted by molar-refractivity contribution is 6.38. The third kappa shape index (κ3) is 6.49. The summed E-state index contributed by atoms with van der Waals surface area (Å²) >= 11 is 12.0. The lowest BCUT2D eigenvalue weighted by atomic mass is 10.1. The Morgan fingerprint density at radius 3 is 2.36 bits per heavy atom. The van der Waals surface area contributed by atoms with Gasteiger partial charge in [0, 0.05) is 10.6 Å². The number of nitrogens with two attached hydrogens (primary N) is 1. The van der Waals surface area contributed by atoms with E-state index in [0.29, 0.717) is 0 Å². The van der Waals surface area contributed by atoms with Crippen LogP contribution in [0.3, 0.4) is 0 Å². The van der Waals surface area contributed by atoms with Crippen LogP contribution in [-0.2, 0) is 19.3 Å². The molecule has 4 aromatic rings. The van der Waals surface area contributed by atoms with Crippen LogP contribution in [0.5, 0.6) is 0 Å². The molecule has 4 rings (SSSR count). The van der Waals surface area contributed by atoms with Gasteiger partial charge in [-0.2, -0.15) is 23.1 Å². The van der Waals surface area contributed by atoms with Crippen LogP contribution in [0.2, 0.25) is 10.0 Å². The third-order valence-corrected chi connectivity index (χ3v) is 5.68. The Balaban J connectivity index is 1.58. The van der Waals surface area contributed by atoms with Gasteiger partial charge < -0.3 is 11.1 Å².